The molecule has 2 unspecified atom stereocenters. The fourth-order valence-corrected chi connectivity index (χ4v) is 6.82. The van der Waals surface area contributed by atoms with Gasteiger partial charge in [-0.25, -0.2) is 13.2 Å². The molecule has 3 fully saturated rings. The lowest BCUT2D eigenvalue weighted by Crippen LogP contribution is -2.55. The van der Waals surface area contributed by atoms with Crippen LogP contribution in [0.3, 0.4) is 0 Å². The molecule has 2 aromatic rings. The topological polar surface area (TPSA) is 107 Å². The van der Waals surface area contributed by atoms with E-state index in [1.807, 2.05) is 30.0 Å². The molecule has 39 heavy (non-hydrogen) atoms. The van der Waals surface area contributed by atoms with Crippen LogP contribution in [0.15, 0.2) is 59.5 Å². The summed E-state index contributed by atoms with van der Waals surface area (Å²) in [5.41, 5.74) is 1.04. The Hall–Kier alpha value is -3.24. The molecular weight excluding hydrogens is 516 g/mol. The van der Waals surface area contributed by atoms with Gasteiger partial charge in [-0.3, -0.25) is 14.5 Å². The van der Waals surface area contributed by atoms with E-state index in [2.05, 4.69) is 22.3 Å². The van der Waals surface area contributed by atoms with Crippen molar-refractivity contribution in [3.05, 3.63) is 65.7 Å². The van der Waals surface area contributed by atoms with E-state index in [0.29, 0.717) is 43.8 Å². The minimum atomic E-state index is -3.32. The Labute approximate surface area is 230 Å². The molecule has 0 bridgehead atoms. The third-order valence-corrected chi connectivity index (χ3v) is 9.59. The van der Waals surface area contributed by atoms with Gasteiger partial charge in [-0.1, -0.05) is 49.4 Å². The van der Waals surface area contributed by atoms with E-state index >= 15 is 0 Å². The number of piperidine rings is 1. The molecule has 4 amide bonds. The van der Waals surface area contributed by atoms with Crippen LogP contribution in [0.2, 0.25) is 0 Å². The van der Waals surface area contributed by atoms with Crippen LogP contribution in [0.5, 0.6) is 0 Å². The van der Waals surface area contributed by atoms with Gasteiger partial charge >= 0.3 is 6.03 Å². The first-order valence-electron chi connectivity index (χ1n) is 13.6. The third-order valence-electron chi connectivity index (χ3n) is 8.46. The zero-order valence-corrected chi connectivity index (χ0v) is 23.3. The van der Waals surface area contributed by atoms with Gasteiger partial charge in [-0.2, -0.15) is 0 Å². The molecule has 0 aromatic heterocycles. The molecule has 10 heteroatoms. The zero-order valence-electron chi connectivity index (χ0n) is 22.5. The highest BCUT2D eigenvalue weighted by Gasteiger charge is 2.52. The van der Waals surface area contributed by atoms with Crippen LogP contribution >= 0.6 is 0 Å². The number of nitrogens with one attached hydrogen (secondary N) is 1. The summed E-state index contributed by atoms with van der Waals surface area (Å²) in [7, 11) is -3.32. The zero-order chi connectivity index (χ0) is 27.8. The summed E-state index contributed by atoms with van der Waals surface area (Å²) in [6.45, 7) is 5.66. The molecule has 2 aromatic carbocycles. The van der Waals surface area contributed by atoms with Gasteiger partial charge < -0.3 is 15.1 Å². The number of carbonyl (C=O) groups is 3. The Morgan fingerprint density at radius 1 is 1.00 bits per heavy atom. The van der Waals surface area contributed by atoms with Crippen LogP contribution in [-0.4, -0.2) is 85.5 Å². The van der Waals surface area contributed by atoms with Crippen LogP contribution in [0.4, 0.5) is 4.79 Å². The number of carbonyl (C=O) groups excluding carboxylic acids is 3. The minimum Gasteiger partial charge on any atom is -0.342 e. The van der Waals surface area contributed by atoms with Crippen molar-refractivity contribution >= 4 is 27.7 Å². The Balaban J connectivity index is 1.22. The molecule has 208 valence electrons. The summed E-state index contributed by atoms with van der Waals surface area (Å²) >= 11 is 0. The number of hydrogen-bond acceptors (Lipinski definition) is 6. The number of rotatable bonds is 7. The van der Waals surface area contributed by atoms with E-state index in [1.165, 1.54) is 22.6 Å². The maximum absolute atomic E-state index is 13.4. The summed E-state index contributed by atoms with van der Waals surface area (Å²) in [4.78, 5) is 44.5. The lowest BCUT2D eigenvalue weighted by Gasteiger charge is -2.38. The van der Waals surface area contributed by atoms with Crippen LogP contribution < -0.4 is 5.32 Å². The predicted molar refractivity (Wildman–Crippen MR) is 147 cm³/mol. The van der Waals surface area contributed by atoms with Crippen molar-refractivity contribution < 1.29 is 22.8 Å². The van der Waals surface area contributed by atoms with E-state index in [-0.39, 0.29) is 29.2 Å². The second-order valence-electron chi connectivity index (χ2n) is 11.0. The first-order valence-corrected chi connectivity index (χ1v) is 15.5. The summed E-state index contributed by atoms with van der Waals surface area (Å²) in [6, 6.07) is 16.2. The van der Waals surface area contributed by atoms with Crippen molar-refractivity contribution in [3.8, 4) is 0 Å². The molecule has 0 aliphatic carbocycles. The molecule has 1 spiro atoms. The van der Waals surface area contributed by atoms with E-state index < -0.39 is 21.4 Å². The molecule has 2 atom stereocenters. The second kappa shape index (κ2) is 10.7. The van der Waals surface area contributed by atoms with Crippen molar-refractivity contribution in [3.63, 3.8) is 0 Å². The molecule has 5 rings (SSSR count). The van der Waals surface area contributed by atoms with Gasteiger partial charge in [0.25, 0.3) is 5.91 Å². The number of amides is 4. The van der Waals surface area contributed by atoms with Gasteiger partial charge in [-0.15, -0.1) is 0 Å². The standard InChI is InChI=1S/C29H36N4O5S/c1-3-26(34)32-19-23(25(20-32)22-7-5-4-6-8-22)18-31-15-13-29(14-16-31)27(35)33(28(36)30-29)17-21-9-11-24(12-10-21)39(2,37)38/h4-12,23,25H,3,13-20H2,1-2H3,(H,30,36). The average Bonchev–Trinajstić information content (AvgIpc) is 3.44. The Morgan fingerprint density at radius 3 is 2.28 bits per heavy atom. The van der Waals surface area contributed by atoms with E-state index in [0.717, 1.165) is 25.9 Å². The van der Waals surface area contributed by atoms with E-state index in [9.17, 15) is 22.8 Å². The normalized spacial score (nSPS) is 23.4. The largest absolute Gasteiger partial charge is 0.342 e. The first kappa shape index (κ1) is 27.3. The number of nitrogens with zero attached hydrogens (tertiary/aromatic N) is 3. The van der Waals surface area contributed by atoms with Gasteiger partial charge in [0, 0.05) is 51.3 Å². The van der Waals surface area contributed by atoms with Crippen molar-refractivity contribution in [1.82, 2.24) is 20.0 Å². The second-order valence-corrected chi connectivity index (χ2v) is 13.1. The molecule has 3 heterocycles. The van der Waals surface area contributed by atoms with E-state index in [4.69, 9.17) is 0 Å². The summed E-state index contributed by atoms with van der Waals surface area (Å²) in [6.07, 6.45) is 2.70. The molecule has 3 saturated heterocycles. The van der Waals surface area contributed by atoms with Crippen molar-refractivity contribution in [1.29, 1.82) is 0 Å². The van der Waals surface area contributed by atoms with Gasteiger partial charge in [0.1, 0.15) is 5.54 Å². The van der Waals surface area contributed by atoms with Crippen LogP contribution in [-0.2, 0) is 26.0 Å². The molecule has 3 aliphatic heterocycles. The monoisotopic (exact) mass is 552 g/mol. The maximum Gasteiger partial charge on any atom is 0.325 e. The highest BCUT2D eigenvalue weighted by atomic mass is 32.2. The summed E-state index contributed by atoms with van der Waals surface area (Å²) in [5.74, 6) is 0.538. The molecule has 0 radical (unpaired) electrons. The lowest BCUT2D eigenvalue weighted by molar-refractivity contribution is -0.133. The highest BCUT2D eigenvalue weighted by molar-refractivity contribution is 7.90. The quantitative estimate of drug-likeness (QED) is 0.530. The SMILES string of the molecule is CCC(=O)N1CC(CN2CCC3(CC2)NC(=O)N(Cc2ccc(S(C)(=O)=O)cc2)C3=O)C(c2ccccc2)C1. The predicted octanol–water partition coefficient (Wildman–Crippen LogP) is 2.63. The first-order chi connectivity index (χ1) is 18.6. The third kappa shape index (κ3) is 5.58. The molecule has 0 saturated carbocycles. The number of sulfone groups is 1. The highest BCUT2D eigenvalue weighted by Crippen LogP contribution is 2.36. The number of imide groups is 1. The molecular formula is C29H36N4O5S. The number of likely N-dealkylation sites (tertiary alicyclic amines) is 2. The van der Waals surface area contributed by atoms with Gasteiger partial charge in [0.15, 0.2) is 9.84 Å². The summed E-state index contributed by atoms with van der Waals surface area (Å²) < 4.78 is 23.5. The van der Waals surface area contributed by atoms with Crippen molar-refractivity contribution in [2.45, 2.75) is 49.1 Å². The van der Waals surface area contributed by atoms with Crippen molar-refractivity contribution in [2.24, 2.45) is 5.92 Å². The minimum absolute atomic E-state index is 0.0995. The fourth-order valence-electron chi connectivity index (χ4n) is 6.19. The van der Waals surface area contributed by atoms with Gasteiger partial charge in [-0.05, 0) is 42.0 Å². The number of benzene rings is 2. The Bertz CT molecular complexity index is 1340. The molecule has 9 nitrogen and oxygen atoms in total. The Morgan fingerprint density at radius 2 is 1.67 bits per heavy atom. The molecule has 1 N–H and O–H groups in total. The van der Waals surface area contributed by atoms with Crippen LogP contribution in [0.1, 0.15) is 43.2 Å². The van der Waals surface area contributed by atoms with Crippen LogP contribution in [0, 0.1) is 5.92 Å². The number of hydrogen-bond donors (Lipinski definition) is 1. The smallest absolute Gasteiger partial charge is 0.325 e. The van der Waals surface area contributed by atoms with Gasteiger partial charge in [0.05, 0.1) is 11.4 Å². The summed E-state index contributed by atoms with van der Waals surface area (Å²) in [5, 5.41) is 2.97. The van der Waals surface area contributed by atoms with Crippen molar-refractivity contribution in [2.75, 3.05) is 39.0 Å². The van der Waals surface area contributed by atoms with E-state index in [1.54, 1.807) is 12.1 Å². The van der Waals surface area contributed by atoms with Crippen LogP contribution in [0.25, 0.3) is 0 Å². The number of urea groups is 1. The van der Waals surface area contributed by atoms with Gasteiger partial charge in [0.2, 0.25) is 5.91 Å². The fraction of sp³-hybridized carbons (Fsp3) is 0.483. The maximum atomic E-state index is 13.4. The lowest BCUT2D eigenvalue weighted by atomic mass is 9.85. The molecule has 3 aliphatic rings. The Kier molecular flexibility index (Phi) is 7.52. The average molecular weight is 553 g/mol.